The number of nitrogens with zero attached hydrogens (tertiary/aromatic N) is 3. The normalized spacial score (nSPS) is 23.6. The minimum Gasteiger partial charge on any atom is -0.376 e. The van der Waals surface area contributed by atoms with E-state index in [1.807, 2.05) is 30.3 Å². The summed E-state index contributed by atoms with van der Waals surface area (Å²) in [5, 5.41) is 12.1. The Bertz CT molecular complexity index is 658. The maximum atomic E-state index is 12.8. The van der Waals surface area contributed by atoms with E-state index in [4.69, 9.17) is 4.74 Å². The Morgan fingerprint density at radius 1 is 1.24 bits per heavy atom. The number of likely N-dealkylation sites (tertiary alicyclic amines) is 1. The third kappa shape index (κ3) is 4.09. The van der Waals surface area contributed by atoms with Crippen molar-refractivity contribution in [2.75, 3.05) is 38.2 Å². The summed E-state index contributed by atoms with van der Waals surface area (Å²) in [7, 11) is 0. The second-order valence-electron chi connectivity index (χ2n) is 6.33. The van der Waals surface area contributed by atoms with Gasteiger partial charge in [0.05, 0.1) is 25.2 Å². The predicted molar refractivity (Wildman–Crippen MR) is 91.7 cm³/mol. The molecular weight excluding hydrogens is 320 g/mol. The highest BCUT2D eigenvalue weighted by Crippen LogP contribution is 2.22. The Labute approximate surface area is 147 Å². The monoisotopic (exact) mass is 342 g/mol. The summed E-state index contributed by atoms with van der Waals surface area (Å²) in [5.74, 6) is -0.309. The van der Waals surface area contributed by atoms with E-state index >= 15 is 0 Å². The van der Waals surface area contributed by atoms with Crippen LogP contribution in [0.4, 0.5) is 10.5 Å². The van der Waals surface area contributed by atoms with Gasteiger partial charge in [-0.2, -0.15) is 5.26 Å². The van der Waals surface area contributed by atoms with E-state index in [2.05, 4.69) is 11.4 Å². The van der Waals surface area contributed by atoms with E-state index in [0.717, 1.165) is 18.5 Å². The number of nitriles is 1. The standard InChI is InChI=1S/C18H22N4O3/c19-11-16-13-25-10-9-22(16)17(23)14-5-4-8-21(12-14)18(24)20-15-6-2-1-3-7-15/h1-3,6-7,14,16H,4-5,8-10,12-13H2,(H,20,24)/t14-,16-/m1/s1. The van der Waals surface area contributed by atoms with E-state index in [1.165, 1.54) is 0 Å². The predicted octanol–water partition coefficient (Wildman–Crippen LogP) is 1.68. The van der Waals surface area contributed by atoms with Crippen molar-refractivity contribution in [2.45, 2.75) is 18.9 Å². The van der Waals surface area contributed by atoms with Gasteiger partial charge in [-0.1, -0.05) is 18.2 Å². The largest absolute Gasteiger partial charge is 0.376 e. The third-order valence-electron chi connectivity index (χ3n) is 4.64. The molecule has 2 aliphatic heterocycles. The lowest BCUT2D eigenvalue weighted by Gasteiger charge is -2.37. The Kier molecular flexibility index (Phi) is 5.51. The van der Waals surface area contributed by atoms with Crippen LogP contribution in [0, 0.1) is 17.2 Å². The molecule has 3 amide bonds. The van der Waals surface area contributed by atoms with Crippen LogP contribution >= 0.6 is 0 Å². The third-order valence-corrected chi connectivity index (χ3v) is 4.64. The lowest BCUT2D eigenvalue weighted by atomic mass is 9.96. The fourth-order valence-corrected chi connectivity index (χ4v) is 3.30. The molecule has 7 heteroatoms. The van der Waals surface area contributed by atoms with E-state index in [-0.39, 0.29) is 24.5 Å². The number of hydrogen-bond donors (Lipinski definition) is 1. The quantitative estimate of drug-likeness (QED) is 0.886. The molecular formula is C18H22N4O3. The molecule has 2 atom stereocenters. The molecule has 3 rings (SSSR count). The maximum absolute atomic E-state index is 12.8. The smallest absolute Gasteiger partial charge is 0.321 e. The van der Waals surface area contributed by atoms with Gasteiger partial charge in [0, 0.05) is 25.3 Å². The van der Waals surface area contributed by atoms with Crippen LogP contribution in [0.5, 0.6) is 0 Å². The van der Waals surface area contributed by atoms with Crippen molar-refractivity contribution in [3.05, 3.63) is 30.3 Å². The first-order valence-corrected chi connectivity index (χ1v) is 8.58. The summed E-state index contributed by atoms with van der Waals surface area (Å²) < 4.78 is 5.28. The molecule has 1 aromatic rings. The molecule has 132 valence electrons. The SMILES string of the molecule is N#C[C@@H]1COCCN1C(=O)[C@@H]1CCCN(C(=O)Nc2ccccc2)C1. The van der Waals surface area contributed by atoms with Crippen molar-refractivity contribution in [3.63, 3.8) is 0 Å². The van der Waals surface area contributed by atoms with Gasteiger partial charge in [-0.25, -0.2) is 4.79 Å². The number of nitrogens with one attached hydrogen (secondary N) is 1. The molecule has 1 N–H and O–H groups in total. The van der Waals surface area contributed by atoms with Crippen molar-refractivity contribution in [1.29, 1.82) is 5.26 Å². The Balaban J connectivity index is 1.61. The summed E-state index contributed by atoms with van der Waals surface area (Å²) in [6.07, 6.45) is 1.52. The number of morpholine rings is 1. The molecule has 0 spiro atoms. The minimum absolute atomic E-state index is 0.0490. The summed E-state index contributed by atoms with van der Waals surface area (Å²) >= 11 is 0. The van der Waals surface area contributed by atoms with Gasteiger partial charge < -0.3 is 19.9 Å². The number of amides is 3. The number of carbonyl (C=O) groups excluding carboxylic acids is 2. The maximum Gasteiger partial charge on any atom is 0.321 e. The zero-order chi connectivity index (χ0) is 17.6. The van der Waals surface area contributed by atoms with Crippen LogP contribution in [0.3, 0.4) is 0 Å². The number of ether oxygens (including phenoxy) is 1. The number of hydrogen-bond acceptors (Lipinski definition) is 4. The van der Waals surface area contributed by atoms with Crippen molar-refractivity contribution >= 4 is 17.6 Å². The number of anilines is 1. The van der Waals surface area contributed by atoms with Crippen LogP contribution in [0.1, 0.15) is 12.8 Å². The van der Waals surface area contributed by atoms with E-state index in [1.54, 1.807) is 9.80 Å². The molecule has 0 aromatic heterocycles. The number of rotatable bonds is 2. The van der Waals surface area contributed by atoms with Crippen LogP contribution in [0.2, 0.25) is 0 Å². The molecule has 0 aliphatic carbocycles. The first-order valence-electron chi connectivity index (χ1n) is 8.58. The second kappa shape index (κ2) is 7.99. The van der Waals surface area contributed by atoms with Gasteiger partial charge in [-0.3, -0.25) is 4.79 Å². The minimum atomic E-state index is -0.533. The topological polar surface area (TPSA) is 85.7 Å². The van der Waals surface area contributed by atoms with Gasteiger partial charge >= 0.3 is 6.03 Å². The van der Waals surface area contributed by atoms with Crippen LogP contribution < -0.4 is 5.32 Å². The van der Waals surface area contributed by atoms with Crippen molar-refractivity contribution < 1.29 is 14.3 Å². The number of urea groups is 1. The molecule has 25 heavy (non-hydrogen) atoms. The second-order valence-corrected chi connectivity index (χ2v) is 6.33. The van der Waals surface area contributed by atoms with Gasteiger partial charge in [0.15, 0.2) is 0 Å². The Morgan fingerprint density at radius 3 is 2.80 bits per heavy atom. The fraction of sp³-hybridized carbons (Fsp3) is 0.500. The first kappa shape index (κ1) is 17.2. The van der Waals surface area contributed by atoms with Crippen molar-refractivity contribution in [3.8, 4) is 6.07 Å². The average molecular weight is 342 g/mol. The highest BCUT2D eigenvalue weighted by atomic mass is 16.5. The van der Waals surface area contributed by atoms with Crippen LogP contribution in [0.15, 0.2) is 30.3 Å². The lowest BCUT2D eigenvalue weighted by Crippen LogP contribution is -2.53. The zero-order valence-electron chi connectivity index (χ0n) is 14.1. The molecule has 2 aliphatic rings. The first-order chi connectivity index (χ1) is 12.2. The molecule has 2 saturated heterocycles. The van der Waals surface area contributed by atoms with Gasteiger partial charge in [-0.05, 0) is 25.0 Å². The van der Waals surface area contributed by atoms with E-state index in [9.17, 15) is 14.9 Å². The summed E-state index contributed by atoms with van der Waals surface area (Å²) in [5.41, 5.74) is 0.735. The number of para-hydroxylation sites is 1. The lowest BCUT2D eigenvalue weighted by molar-refractivity contribution is -0.143. The molecule has 0 radical (unpaired) electrons. The molecule has 1 aromatic carbocycles. The van der Waals surface area contributed by atoms with Crippen LogP contribution in [-0.2, 0) is 9.53 Å². The van der Waals surface area contributed by atoms with Crippen molar-refractivity contribution in [2.24, 2.45) is 5.92 Å². The van der Waals surface area contributed by atoms with Crippen LogP contribution in [-0.4, -0.2) is 60.6 Å². The summed E-state index contributed by atoms with van der Waals surface area (Å²) in [6.45, 7) is 2.16. The zero-order valence-corrected chi connectivity index (χ0v) is 14.1. The van der Waals surface area contributed by atoms with Crippen molar-refractivity contribution in [1.82, 2.24) is 9.80 Å². The number of benzene rings is 1. The molecule has 7 nitrogen and oxygen atoms in total. The Morgan fingerprint density at radius 2 is 2.04 bits per heavy atom. The van der Waals surface area contributed by atoms with Gasteiger partial charge in [0.25, 0.3) is 0 Å². The molecule has 0 saturated carbocycles. The van der Waals surface area contributed by atoms with Gasteiger partial charge in [-0.15, -0.1) is 0 Å². The van der Waals surface area contributed by atoms with Gasteiger partial charge in [0.1, 0.15) is 6.04 Å². The number of piperidine rings is 1. The highest BCUT2D eigenvalue weighted by Gasteiger charge is 2.35. The molecule has 0 bridgehead atoms. The Hall–Kier alpha value is -2.59. The van der Waals surface area contributed by atoms with Crippen LogP contribution in [0.25, 0.3) is 0 Å². The molecule has 2 heterocycles. The summed E-state index contributed by atoms with van der Waals surface area (Å²) in [6, 6.07) is 10.7. The van der Waals surface area contributed by atoms with E-state index < -0.39 is 6.04 Å². The molecule has 0 unspecified atom stereocenters. The average Bonchev–Trinajstić information content (AvgIpc) is 2.68. The highest BCUT2D eigenvalue weighted by molar-refractivity contribution is 5.90. The van der Waals surface area contributed by atoms with Gasteiger partial charge in [0.2, 0.25) is 5.91 Å². The fourth-order valence-electron chi connectivity index (χ4n) is 3.30. The number of carbonyl (C=O) groups is 2. The molecule has 2 fully saturated rings. The summed E-state index contributed by atoms with van der Waals surface area (Å²) in [4.78, 5) is 28.5. The van der Waals surface area contributed by atoms with E-state index in [0.29, 0.717) is 26.2 Å².